The van der Waals surface area contributed by atoms with Crippen LogP contribution in [-0.4, -0.2) is 42.0 Å². The summed E-state index contributed by atoms with van der Waals surface area (Å²) in [6.07, 6.45) is 7.30. The van der Waals surface area contributed by atoms with Gasteiger partial charge in [-0.05, 0) is 36.6 Å². The Morgan fingerprint density at radius 2 is 2.13 bits per heavy atom. The predicted octanol–water partition coefficient (Wildman–Crippen LogP) is 2.78. The minimum atomic E-state index is -0.0163. The van der Waals surface area contributed by atoms with Crippen LogP contribution < -0.4 is 5.32 Å². The predicted molar refractivity (Wildman–Crippen MR) is 93.1 cm³/mol. The Kier molecular flexibility index (Phi) is 5.27. The lowest BCUT2D eigenvalue weighted by Gasteiger charge is -2.14. The van der Waals surface area contributed by atoms with Crippen LogP contribution in [0.15, 0.2) is 54.7 Å². The summed E-state index contributed by atoms with van der Waals surface area (Å²) in [6, 6.07) is 14.0. The van der Waals surface area contributed by atoms with Crippen molar-refractivity contribution >= 4 is 12.0 Å². The third kappa shape index (κ3) is 4.57. The molecule has 4 nitrogen and oxygen atoms in total. The lowest BCUT2D eigenvalue weighted by Crippen LogP contribution is -2.31. The number of hydrogen-bond donors (Lipinski definition) is 2. The number of aromatic nitrogens is 1. The number of aromatic amines is 1. The second-order valence-electron chi connectivity index (χ2n) is 6.02. The van der Waals surface area contributed by atoms with Crippen LogP contribution in [0.3, 0.4) is 0 Å². The molecule has 1 amide bonds. The molecule has 2 aromatic rings. The highest BCUT2D eigenvalue weighted by Crippen LogP contribution is 2.15. The summed E-state index contributed by atoms with van der Waals surface area (Å²) in [5, 5.41) is 3.01. The van der Waals surface area contributed by atoms with Crippen molar-refractivity contribution in [1.29, 1.82) is 0 Å². The summed E-state index contributed by atoms with van der Waals surface area (Å²) in [7, 11) is 0. The van der Waals surface area contributed by atoms with E-state index in [2.05, 4.69) is 51.6 Å². The van der Waals surface area contributed by atoms with E-state index in [0.717, 1.165) is 32.6 Å². The van der Waals surface area contributed by atoms with Crippen molar-refractivity contribution in [2.45, 2.75) is 6.42 Å². The molecular weight excluding hydrogens is 286 g/mol. The fourth-order valence-corrected chi connectivity index (χ4v) is 2.95. The van der Waals surface area contributed by atoms with E-state index in [1.807, 2.05) is 12.1 Å². The fourth-order valence-electron chi connectivity index (χ4n) is 2.95. The molecule has 23 heavy (non-hydrogen) atoms. The Morgan fingerprint density at radius 3 is 2.91 bits per heavy atom. The average molecular weight is 309 g/mol. The molecule has 0 spiro atoms. The average Bonchev–Trinajstić information content (AvgIpc) is 3.26. The van der Waals surface area contributed by atoms with Crippen molar-refractivity contribution in [2.75, 3.05) is 26.2 Å². The molecule has 0 saturated carbocycles. The van der Waals surface area contributed by atoms with Crippen LogP contribution in [-0.2, 0) is 0 Å². The van der Waals surface area contributed by atoms with E-state index in [4.69, 9.17) is 0 Å². The number of nitrogens with one attached hydrogen (secondary N) is 2. The van der Waals surface area contributed by atoms with Gasteiger partial charge in [-0.25, -0.2) is 0 Å². The number of carbonyl (C=O) groups is 1. The van der Waals surface area contributed by atoms with E-state index in [0.29, 0.717) is 11.6 Å². The number of hydrogen-bond acceptors (Lipinski definition) is 2. The van der Waals surface area contributed by atoms with Crippen LogP contribution in [0.5, 0.6) is 0 Å². The summed E-state index contributed by atoms with van der Waals surface area (Å²) in [5.74, 6) is 0.525. The van der Waals surface area contributed by atoms with Gasteiger partial charge in [0.2, 0.25) is 0 Å². The first-order chi connectivity index (χ1) is 11.3. The molecule has 1 saturated heterocycles. The SMILES string of the molecule is O=C(NCC1CCN(C/C=C/c2ccccc2)C1)c1ccc[nH]1. The molecular formula is C19H23N3O. The first kappa shape index (κ1) is 15.6. The van der Waals surface area contributed by atoms with Gasteiger partial charge in [0.15, 0.2) is 0 Å². The van der Waals surface area contributed by atoms with Gasteiger partial charge in [0.05, 0.1) is 0 Å². The largest absolute Gasteiger partial charge is 0.357 e. The zero-order chi connectivity index (χ0) is 15.9. The van der Waals surface area contributed by atoms with E-state index in [-0.39, 0.29) is 5.91 Å². The van der Waals surface area contributed by atoms with E-state index in [1.165, 1.54) is 5.56 Å². The summed E-state index contributed by atoms with van der Waals surface area (Å²) in [5.41, 5.74) is 1.87. The van der Waals surface area contributed by atoms with Crippen molar-refractivity contribution in [3.8, 4) is 0 Å². The molecule has 2 N–H and O–H groups in total. The van der Waals surface area contributed by atoms with E-state index in [1.54, 1.807) is 12.3 Å². The quantitative estimate of drug-likeness (QED) is 0.862. The van der Waals surface area contributed by atoms with Gasteiger partial charge in [0.1, 0.15) is 5.69 Å². The van der Waals surface area contributed by atoms with Crippen LogP contribution in [0.2, 0.25) is 0 Å². The summed E-state index contributed by atoms with van der Waals surface area (Å²) in [6.45, 7) is 3.86. The second-order valence-corrected chi connectivity index (χ2v) is 6.02. The van der Waals surface area contributed by atoms with Gasteiger partial charge in [-0.1, -0.05) is 42.5 Å². The third-order valence-corrected chi connectivity index (χ3v) is 4.24. The Morgan fingerprint density at radius 1 is 1.26 bits per heavy atom. The molecule has 1 aliphatic heterocycles. The van der Waals surface area contributed by atoms with Gasteiger partial charge in [0.25, 0.3) is 5.91 Å². The Hall–Kier alpha value is -2.33. The van der Waals surface area contributed by atoms with Crippen LogP contribution in [0.25, 0.3) is 6.08 Å². The highest BCUT2D eigenvalue weighted by atomic mass is 16.1. The van der Waals surface area contributed by atoms with Crippen molar-refractivity contribution in [3.05, 3.63) is 66.0 Å². The summed E-state index contributed by atoms with van der Waals surface area (Å²) in [4.78, 5) is 17.3. The molecule has 2 heterocycles. The van der Waals surface area contributed by atoms with Gasteiger partial charge in [0, 0.05) is 25.8 Å². The molecule has 1 fully saturated rings. The van der Waals surface area contributed by atoms with Gasteiger partial charge in [-0.2, -0.15) is 0 Å². The van der Waals surface area contributed by atoms with Crippen LogP contribution in [0.4, 0.5) is 0 Å². The molecule has 3 rings (SSSR count). The topological polar surface area (TPSA) is 48.1 Å². The number of rotatable bonds is 6. The fraction of sp³-hybridized carbons (Fsp3) is 0.316. The minimum absolute atomic E-state index is 0.0163. The maximum absolute atomic E-state index is 11.9. The van der Waals surface area contributed by atoms with Crippen LogP contribution in [0, 0.1) is 5.92 Å². The molecule has 4 heteroatoms. The zero-order valence-corrected chi connectivity index (χ0v) is 13.2. The molecule has 120 valence electrons. The first-order valence-electron chi connectivity index (χ1n) is 8.17. The number of likely N-dealkylation sites (tertiary alicyclic amines) is 1. The number of H-pyrrole nitrogens is 1. The highest BCUT2D eigenvalue weighted by Gasteiger charge is 2.22. The molecule has 1 atom stereocenters. The minimum Gasteiger partial charge on any atom is -0.357 e. The maximum Gasteiger partial charge on any atom is 0.267 e. The maximum atomic E-state index is 11.9. The number of amides is 1. The third-order valence-electron chi connectivity index (χ3n) is 4.24. The lowest BCUT2D eigenvalue weighted by atomic mass is 10.1. The Bertz CT molecular complexity index is 634. The molecule has 1 unspecified atom stereocenters. The highest BCUT2D eigenvalue weighted by molar-refractivity contribution is 5.92. The second kappa shape index (κ2) is 7.79. The Balaban J connectivity index is 1.39. The van der Waals surface area contributed by atoms with Crippen molar-refractivity contribution < 1.29 is 4.79 Å². The standard InChI is InChI=1S/C19H23N3O/c23-19(18-9-4-11-20-18)21-14-17-10-13-22(15-17)12-5-8-16-6-2-1-3-7-16/h1-9,11,17,20H,10,12-15H2,(H,21,23)/b8-5+. The molecule has 1 aliphatic rings. The molecule has 0 radical (unpaired) electrons. The van der Waals surface area contributed by atoms with Crippen molar-refractivity contribution in [2.24, 2.45) is 5.92 Å². The first-order valence-corrected chi connectivity index (χ1v) is 8.17. The van der Waals surface area contributed by atoms with Crippen LogP contribution >= 0.6 is 0 Å². The van der Waals surface area contributed by atoms with E-state index < -0.39 is 0 Å². The van der Waals surface area contributed by atoms with Gasteiger partial charge >= 0.3 is 0 Å². The van der Waals surface area contributed by atoms with E-state index >= 15 is 0 Å². The van der Waals surface area contributed by atoms with E-state index in [9.17, 15) is 4.79 Å². The van der Waals surface area contributed by atoms with Crippen LogP contribution in [0.1, 0.15) is 22.5 Å². The number of nitrogens with zero attached hydrogens (tertiary/aromatic N) is 1. The smallest absolute Gasteiger partial charge is 0.267 e. The summed E-state index contributed by atoms with van der Waals surface area (Å²) >= 11 is 0. The Labute approximate surface area is 137 Å². The zero-order valence-electron chi connectivity index (χ0n) is 13.2. The monoisotopic (exact) mass is 309 g/mol. The lowest BCUT2D eigenvalue weighted by molar-refractivity contribution is 0.0943. The number of carbonyl (C=O) groups excluding carboxylic acids is 1. The number of benzene rings is 1. The summed E-state index contributed by atoms with van der Waals surface area (Å²) < 4.78 is 0. The van der Waals surface area contributed by atoms with Crippen molar-refractivity contribution in [1.82, 2.24) is 15.2 Å². The van der Waals surface area contributed by atoms with Gasteiger partial charge in [-0.3, -0.25) is 9.69 Å². The van der Waals surface area contributed by atoms with Crippen molar-refractivity contribution in [3.63, 3.8) is 0 Å². The van der Waals surface area contributed by atoms with Gasteiger partial charge in [-0.15, -0.1) is 0 Å². The van der Waals surface area contributed by atoms with Gasteiger partial charge < -0.3 is 10.3 Å². The molecule has 1 aromatic carbocycles. The normalized spacial score (nSPS) is 18.5. The molecule has 0 aliphatic carbocycles. The molecule has 0 bridgehead atoms. The molecule has 1 aromatic heterocycles.